The molecule has 0 saturated heterocycles. The van der Waals surface area contributed by atoms with E-state index in [1.165, 1.54) is 6.07 Å². The maximum Gasteiger partial charge on any atom is 0.142 e. The van der Waals surface area contributed by atoms with Gasteiger partial charge in [0.05, 0.1) is 11.1 Å². The predicted molar refractivity (Wildman–Crippen MR) is 55.2 cm³/mol. The highest BCUT2D eigenvalue weighted by Gasteiger charge is 2.13. The molecule has 0 aromatic heterocycles. The molecule has 1 nitrogen and oxygen atoms in total. The monoisotopic (exact) mass is 286 g/mol. The summed E-state index contributed by atoms with van der Waals surface area (Å²) in [7, 11) is 0. The Morgan fingerprint density at radius 2 is 2.00 bits per heavy atom. The van der Waals surface area contributed by atoms with Crippen LogP contribution < -0.4 is 0 Å². The van der Waals surface area contributed by atoms with Gasteiger partial charge in [-0.05, 0) is 12.1 Å². The maximum absolute atomic E-state index is 12.9. The number of hydrogen-bond donors (Lipinski definition) is 1. The summed E-state index contributed by atoms with van der Waals surface area (Å²) in [6.45, 7) is 0. The summed E-state index contributed by atoms with van der Waals surface area (Å²) in [5.41, 5.74) is 0.334. The van der Waals surface area contributed by atoms with Crippen LogP contribution in [0, 0.1) is 5.82 Å². The van der Waals surface area contributed by atoms with E-state index in [1.807, 2.05) is 0 Å². The summed E-state index contributed by atoms with van der Waals surface area (Å²) in [5, 5.41) is 9.90. The predicted octanol–water partition coefficient (Wildman–Crippen LogP) is 3.56. The molecule has 0 aliphatic rings. The van der Waals surface area contributed by atoms with Crippen molar-refractivity contribution in [2.45, 2.75) is 6.10 Å². The molecule has 1 atom stereocenters. The standard InChI is InChI=1S/C8H6BrCl2FO/c9-3-8(13)4-1-7(12)6(11)2-5(4)10/h1-2,8,13H,3H2. The van der Waals surface area contributed by atoms with E-state index in [4.69, 9.17) is 23.2 Å². The minimum atomic E-state index is -0.820. The van der Waals surface area contributed by atoms with Crippen LogP contribution in [0.5, 0.6) is 0 Å². The van der Waals surface area contributed by atoms with E-state index in [2.05, 4.69) is 15.9 Å². The largest absolute Gasteiger partial charge is 0.387 e. The molecule has 1 N–H and O–H groups in total. The lowest BCUT2D eigenvalue weighted by Crippen LogP contribution is -2.00. The van der Waals surface area contributed by atoms with Gasteiger partial charge < -0.3 is 5.11 Å². The second kappa shape index (κ2) is 4.60. The molecule has 0 aliphatic heterocycles. The molecule has 5 heteroatoms. The molecule has 1 aromatic carbocycles. The number of benzene rings is 1. The summed E-state index contributed by atoms with van der Waals surface area (Å²) in [5.74, 6) is -0.582. The van der Waals surface area contributed by atoms with E-state index in [9.17, 15) is 9.50 Å². The average molecular weight is 288 g/mol. The fraction of sp³-hybridized carbons (Fsp3) is 0.250. The number of aliphatic hydroxyl groups is 1. The van der Waals surface area contributed by atoms with E-state index in [0.717, 1.165) is 6.07 Å². The van der Waals surface area contributed by atoms with Crippen molar-refractivity contribution in [2.24, 2.45) is 0 Å². The molecular weight excluding hydrogens is 282 g/mol. The van der Waals surface area contributed by atoms with E-state index in [1.54, 1.807) is 0 Å². The molecule has 0 heterocycles. The lowest BCUT2D eigenvalue weighted by Gasteiger charge is -2.09. The number of alkyl halides is 1. The number of aliphatic hydroxyl groups excluding tert-OH is 1. The Balaban J connectivity index is 3.15. The van der Waals surface area contributed by atoms with E-state index >= 15 is 0 Å². The zero-order chi connectivity index (χ0) is 10.0. The van der Waals surface area contributed by atoms with Crippen molar-refractivity contribution in [3.63, 3.8) is 0 Å². The van der Waals surface area contributed by atoms with Gasteiger partial charge in [0.1, 0.15) is 5.82 Å². The molecule has 1 unspecified atom stereocenters. The molecule has 0 fully saturated rings. The number of hydrogen-bond acceptors (Lipinski definition) is 1. The summed E-state index contributed by atoms with van der Waals surface area (Å²) >= 11 is 14.3. The third-order valence-corrected chi connectivity index (χ3v) is 2.78. The van der Waals surface area contributed by atoms with Crippen LogP contribution in [-0.4, -0.2) is 10.4 Å². The number of rotatable bonds is 2. The second-order valence-electron chi connectivity index (χ2n) is 2.46. The zero-order valence-corrected chi connectivity index (χ0v) is 9.50. The molecule has 0 saturated carbocycles. The second-order valence-corrected chi connectivity index (χ2v) is 3.92. The SMILES string of the molecule is OC(CBr)c1cc(F)c(Cl)cc1Cl. The lowest BCUT2D eigenvalue weighted by atomic mass is 10.1. The van der Waals surface area contributed by atoms with Crippen molar-refractivity contribution >= 4 is 39.1 Å². The average Bonchev–Trinajstić information content (AvgIpc) is 2.10. The van der Waals surface area contributed by atoms with Crippen LogP contribution in [0.4, 0.5) is 4.39 Å². The Morgan fingerprint density at radius 1 is 1.38 bits per heavy atom. The molecule has 0 spiro atoms. The first-order valence-corrected chi connectivity index (χ1v) is 5.32. The van der Waals surface area contributed by atoms with Crippen LogP contribution in [-0.2, 0) is 0 Å². The molecule has 0 amide bonds. The minimum Gasteiger partial charge on any atom is -0.387 e. The molecule has 1 aromatic rings. The number of halogens is 4. The van der Waals surface area contributed by atoms with Gasteiger partial charge >= 0.3 is 0 Å². The fourth-order valence-electron chi connectivity index (χ4n) is 0.876. The van der Waals surface area contributed by atoms with Crippen molar-refractivity contribution in [3.05, 3.63) is 33.6 Å². The van der Waals surface area contributed by atoms with Gasteiger partial charge in [0, 0.05) is 15.9 Å². The first-order chi connectivity index (χ1) is 6.06. The molecule has 72 valence electrons. The normalized spacial score (nSPS) is 13.0. The topological polar surface area (TPSA) is 20.2 Å². The van der Waals surface area contributed by atoms with E-state index in [0.29, 0.717) is 10.9 Å². The summed E-state index contributed by atoms with van der Waals surface area (Å²) in [6.07, 6.45) is -0.820. The smallest absolute Gasteiger partial charge is 0.142 e. The summed E-state index contributed by atoms with van der Waals surface area (Å²) in [6, 6.07) is 2.41. The Hall–Kier alpha value is 0.170. The van der Waals surface area contributed by atoms with Gasteiger partial charge in [-0.15, -0.1) is 0 Å². The van der Waals surface area contributed by atoms with Crippen LogP contribution in [0.2, 0.25) is 10.0 Å². The molecule has 0 aliphatic carbocycles. The molecule has 1 rings (SSSR count). The van der Waals surface area contributed by atoms with E-state index in [-0.39, 0.29) is 10.0 Å². The van der Waals surface area contributed by atoms with Crippen LogP contribution in [0.15, 0.2) is 12.1 Å². The van der Waals surface area contributed by atoms with Gasteiger partial charge in [0.15, 0.2) is 0 Å². The third kappa shape index (κ3) is 2.56. The Morgan fingerprint density at radius 3 is 2.54 bits per heavy atom. The molecule has 0 radical (unpaired) electrons. The summed E-state index contributed by atoms with van der Waals surface area (Å²) in [4.78, 5) is 0. The summed E-state index contributed by atoms with van der Waals surface area (Å²) < 4.78 is 12.9. The lowest BCUT2D eigenvalue weighted by molar-refractivity contribution is 0.205. The van der Waals surface area contributed by atoms with Crippen LogP contribution in [0.1, 0.15) is 11.7 Å². The van der Waals surface area contributed by atoms with Crippen molar-refractivity contribution in [1.82, 2.24) is 0 Å². The zero-order valence-electron chi connectivity index (χ0n) is 6.40. The first kappa shape index (κ1) is 11.2. The first-order valence-electron chi connectivity index (χ1n) is 3.44. The molecular formula is C8H6BrCl2FO. The van der Waals surface area contributed by atoms with Crippen LogP contribution in [0.25, 0.3) is 0 Å². The third-order valence-electron chi connectivity index (χ3n) is 1.54. The Bertz CT molecular complexity index is 319. The van der Waals surface area contributed by atoms with Gasteiger partial charge in [0.2, 0.25) is 0 Å². The highest BCUT2D eigenvalue weighted by molar-refractivity contribution is 9.09. The van der Waals surface area contributed by atoms with Crippen molar-refractivity contribution in [2.75, 3.05) is 5.33 Å². The molecule has 13 heavy (non-hydrogen) atoms. The highest BCUT2D eigenvalue weighted by atomic mass is 79.9. The van der Waals surface area contributed by atoms with Crippen LogP contribution in [0.3, 0.4) is 0 Å². The van der Waals surface area contributed by atoms with Crippen molar-refractivity contribution in [3.8, 4) is 0 Å². The highest BCUT2D eigenvalue weighted by Crippen LogP contribution is 2.29. The molecule has 0 bridgehead atoms. The fourth-order valence-corrected chi connectivity index (χ4v) is 1.73. The Kier molecular flexibility index (Phi) is 3.98. The maximum atomic E-state index is 12.9. The van der Waals surface area contributed by atoms with Crippen LogP contribution >= 0.6 is 39.1 Å². The van der Waals surface area contributed by atoms with Gasteiger partial charge in [-0.3, -0.25) is 0 Å². The van der Waals surface area contributed by atoms with E-state index < -0.39 is 11.9 Å². The van der Waals surface area contributed by atoms with Gasteiger partial charge in [-0.1, -0.05) is 39.1 Å². The minimum absolute atomic E-state index is 0.0458. The Labute approximate surface area is 93.6 Å². The van der Waals surface area contributed by atoms with Gasteiger partial charge in [0.25, 0.3) is 0 Å². The van der Waals surface area contributed by atoms with Gasteiger partial charge in [-0.2, -0.15) is 0 Å². The quantitative estimate of drug-likeness (QED) is 0.651. The van der Waals surface area contributed by atoms with Crippen molar-refractivity contribution < 1.29 is 9.50 Å². The van der Waals surface area contributed by atoms with Gasteiger partial charge in [-0.25, -0.2) is 4.39 Å². The van der Waals surface area contributed by atoms with Crippen molar-refractivity contribution in [1.29, 1.82) is 0 Å².